The van der Waals surface area contributed by atoms with Gasteiger partial charge in [-0.15, -0.1) is 11.3 Å². The number of aromatic nitrogens is 2. The molecule has 0 radical (unpaired) electrons. The van der Waals surface area contributed by atoms with E-state index in [1.54, 1.807) is 13.1 Å². The summed E-state index contributed by atoms with van der Waals surface area (Å²) in [6.45, 7) is 2.98. The molecule has 2 saturated heterocycles. The average Bonchev–Trinajstić information content (AvgIpc) is 3.60. The van der Waals surface area contributed by atoms with Crippen LogP contribution in [0.25, 0.3) is 21.8 Å². The number of rotatable bonds is 6. The summed E-state index contributed by atoms with van der Waals surface area (Å²) >= 11 is 1.39. The van der Waals surface area contributed by atoms with Crippen molar-refractivity contribution < 1.29 is 24.3 Å². The molecular formula is C23H24N4O5S. The second-order valence-corrected chi connectivity index (χ2v) is 9.66. The van der Waals surface area contributed by atoms with Crippen LogP contribution in [0.5, 0.6) is 0 Å². The molecule has 5 rings (SSSR count). The predicted octanol–water partition coefficient (Wildman–Crippen LogP) is 2.81. The van der Waals surface area contributed by atoms with Crippen LogP contribution in [0.2, 0.25) is 0 Å². The first-order valence-electron chi connectivity index (χ1n) is 10.9. The van der Waals surface area contributed by atoms with Gasteiger partial charge in [0.1, 0.15) is 10.7 Å². The Labute approximate surface area is 194 Å². The molecule has 1 atom stereocenters. The van der Waals surface area contributed by atoms with Gasteiger partial charge in [0.2, 0.25) is 5.60 Å². The van der Waals surface area contributed by atoms with E-state index in [0.717, 1.165) is 41.9 Å². The van der Waals surface area contributed by atoms with E-state index >= 15 is 0 Å². The lowest BCUT2D eigenvalue weighted by Gasteiger charge is -2.16. The van der Waals surface area contributed by atoms with Gasteiger partial charge in [0, 0.05) is 43.8 Å². The van der Waals surface area contributed by atoms with E-state index in [4.69, 9.17) is 4.52 Å². The summed E-state index contributed by atoms with van der Waals surface area (Å²) in [6, 6.07) is 8.99. The zero-order valence-electron chi connectivity index (χ0n) is 18.2. The normalized spacial score (nSPS) is 21.3. The van der Waals surface area contributed by atoms with E-state index in [0.29, 0.717) is 23.8 Å². The highest BCUT2D eigenvalue weighted by Crippen LogP contribution is 2.36. The number of carbonyl (C=O) groups is 2. The van der Waals surface area contributed by atoms with Gasteiger partial charge < -0.3 is 19.6 Å². The number of benzene rings is 1. The highest BCUT2D eigenvalue weighted by molar-refractivity contribution is 7.15. The fourth-order valence-electron chi connectivity index (χ4n) is 4.39. The number of likely N-dealkylation sites (tertiary alicyclic amines) is 2. The van der Waals surface area contributed by atoms with Crippen molar-refractivity contribution in [2.75, 3.05) is 26.7 Å². The Balaban J connectivity index is 1.44. The van der Waals surface area contributed by atoms with Crippen molar-refractivity contribution >= 4 is 23.2 Å². The van der Waals surface area contributed by atoms with Crippen molar-refractivity contribution in [3.63, 3.8) is 0 Å². The van der Waals surface area contributed by atoms with Crippen molar-refractivity contribution in [3.8, 4) is 21.8 Å². The zero-order valence-corrected chi connectivity index (χ0v) is 19.0. The van der Waals surface area contributed by atoms with Crippen molar-refractivity contribution in [2.24, 2.45) is 0 Å². The number of thiazole rings is 1. The topological polar surface area (TPSA) is 120 Å². The molecule has 2 aromatic heterocycles. The molecule has 172 valence electrons. The van der Waals surface area contributed by atoms with Crippen LogP contribution in [0.4, 0.5) is 0 Å². The summed E-state index contributed by atoms with van der Waals surface area (Å²) in [5, 5.41) is 25.1. The lowest BCUT2D eigenvalue weighted by Crippen LogP contribution is -2.35. The quantitative estimate of drug-likeness (QED) is 0.567. The molecule has 33 heavy (non-hydrogen) atoms. The van der Waals surface area contributed by atoms with Crippen molar-refractivity contribution in [3.05, 3.63) is 46.7 Å². The number of aromatic carboxylic acids is 1. The number of hydrogen-bond acceptors (Lipinski definition) is 8. The monoisotopic (exact) mass is 468 g/mol. The number of carbonyl (C=O) groups excluding carboxylic acids is 1. The van der Waals surface area contributed by atoms with Crippen LogP contribution in [-0.2, 0) is 16.9 Å². The maximum Gasteiger partial charge on any atom is 0.355 e. The SMILES string of the molecule is CN1CCC(O)(c2cc(-c3cccc(-c4nc(C(=O)O)c(CN5CCCC5)s4)c3)no2)C1=O. The van der Waals surface area contributed by atoms with E-state index < -0.39 is 17.5 Å². The molecule has 2 aliphatic rings. The number of aliphatic hydroxyl groups is 1. The fraction of sp³-hybridized carbons (Fsp3) is 0.391. The maximum atomic E-state index is 12.4. The first-order chi connectivity index (χ1) is 15.8. The van der Waals surface area contributed by atoms with E-state index in [1.807, 2.05) is 24.3 Å². The van der Waals surface area contributed by atoms with E-state index in [2.05, 4.69) is 15.0 Å². The largest absolute Gasteiger partial charge is 0.476 e. The summed E-state index contributed by atoms with van der Waals surface area (Å²) in [6.07, 6.45) is 2.51. The molecule has 1 amide bonds. The van der Waals surface area contributed by atoms with Gasteiger partial charge in [-0.25, -0.2) is 9.78 Å². The predicted molar refractivity (Wildman–Crippen MR) is 121 cm³/mol. The number of nitrogens with zero attached hydrogens (tertiary/aromatic N) is 4. The van der Waals surface area contributed by atoms with E-state index in [9.17, 15) is 19.8 Å². The smallest absolute Gasteiger partial charge is 0.355 e. The molecule has 10 heteroatoms. The third-order valence-electron chi connectivity index (χ3n) is 6.30. The van der Waals surface area contributed by atoms with Crippen molar-refractivity contribution in [1.29, 1.82) is 0 Å². The highest BCUT2D eigenvalue weighted by Gasteiger charge is 2.48. The molecule has 0 spiro atoms. The third kappa shape index (κ3) is 3.94. The standard InChI is InChI=1S/C23H24N4O5S/c1-26-10-7-23(31,22(26)30)18-12-16(25-32-18)14-5-4-6-15(11-14)20-24-19(21(28)29)17(33-20)13-27-8-2-3-9-27/h4-6,11-12,31H,2-3,7-10,13H2,1H3,(H,28,29). The van der Waals surface area contributed by atoms with Crippen LogP contribution >= 0.6 is 11.3 Å². The van der Waals surface area contributed by atoms with Gasteiger partial charge >= 0.3 is 5.97 Å². The molecule has 0 bridgehead atoms. The molecule has 2 aliphatic heterocycles. The summed E-state index contributed by atoms with van der Waals surface area (Å²) in [7, 11) is 1.64. The van der Waals surface area contributed by atoms with Crippen LogP contribution in [-0.4, -0.2) is 68.7 Å². The lowest BCUT2D eigenvalue weighted by atomic mass is 9.98. The second kappa shape index (κ2) is 8.36. The Kier molecular flexibility index (Phi) is 5.51. The molecule has 1 aromatic carbocycles. The minimum Gasteiger partial charge on any atom is -0.476 e. The van der Waals surface area contributed by atoms with Crippen molar-refractivity contribution in [2.45, 2.75) is 31.4 Å². The minimum absolute atomic E-state index is 0.0992. The van der Waals surface area contributed by atoms with Crippen LogP contribution < -0.4 is 0 Å². The zero-order chi connectivity index (χ0) is 23.2. The average molecular weight is 469 g/mol. The molecule has 0 aliphatic carbocycles. The molecule has 2 fully saturated rings. The second-order valence-electron chi connectivity index (χ2n) is 8.57. The molecule has 1 unspecified atom stereocenters. The van der Waals surface area contributed by atoms with Gasteiger partial charge in [0.15, 0.2) is 11.5 Å². The number of likely N-dealkylation sites (N-methyl/N-ethyl adjacent to an activating group) is 1. The Morgan fingerprint density at radius 3 is 2.67 bits per heavy atom. The molecule has 3 aromatic rings. The summed E-state index contributed by atoms with van der Waals surface area (Å²) in [5.74, 6) is -1.32. The Morgan fingerprint density at radius 1 is 1.21 bits per heavy atom. The molecule has 9 nitrogen and oxygen atoms in total. The molecule has 2 N–H and O–H groups in total. The van der Waals surface area contributed by atoms with Gasteiger partial charge in [-0.1, -0.05) is 23.4 Å². The maximum absolute atomic E-state index is 12.4. The lowest BCUT2D eigenvalue weighted by molar-refractivity contribution is -0.144. The van der Waals surface area contributed by atoms with Gasteiger partial charge in [0.25, 0.3) is 5.91 Å². The summed E-state index contributed by atoms with van der Waals surface area (Å²) < 4.78 is 5.36. The van der Waals surface area contributed by atoms with E-state index in [-0.39, 0.29) is 17.9 Å². The number of amides is 1. The number of carboxylic acid groups (broad SMARTS) is 1. The van der Waals surface area contributed by atoms with E-state index in [1.165, 1.54) is 16.2 Å². The molecule has 4 heterocycles. The summed E-state index contributed by atoms with van der Waals surface area (Å²) in [4.78, 5) is 33.0. The van der Waals surface area contributed by atoms with Crippen LogP contribution in [0.3, 0.4) is 0 Å². The fourth-order valence-corrected chi connectivity index (χ4v) is 5.49. The highest BCUT2D eigenvalue weighted by atomic mass is 32.1. The Bertz CT molecular complexity index is 1220. The van der Waals surface area contributed by atoms with Gasteiger partial charge in [-0.2, -0.15) is 0 Å². The Hall–Kier alpha value is -3.08. The third-order valence-corrected chi connectivity index (χ3v) is 7.39. The van der Waals surface area contributed by atoms with Gasteiger partial charge in [-0.3, -0.25) is 9.69 Å². The van der Waals surface area contributed by atoms with Crippen LogP contribution in [0, 0.1) is 0 Å². The first kappa shape index (κ1) is 21.7. The molecular weight excluding hydrogens is 444 g/mol. The summed E-state index contributed by atoms with van der Waals surface area (Å²) in [5.41, 5.74) is 0.371. The van der Waals surface area contributed by atoms with Gasteiger partial charge in [-0.05, 0) is 32.0 Å². The van der Waals surface area contributed by atoms with Crippen LogP contribution in [0.15, 0.2) is 34.9 Å². The first-order valence-corrected chi connectivity index (χ1v) is 11.7. The van der Waals surface area contributed by atoms with Crippen molar-refractivity contribution in [1.82, 2.24) is 19.9 Å². The number of hydrogen-bond donors (Lipinski definition) is 2. The number of carboxylic acids is 1. The van der Waals surface area contributed by atoms with Crippen LogP contribution in [0.1, 0.15) is 40.4 Å². The minimum atomic E-state index is -1.70. The molecule has 0 saturated carbocycles. The Morgan fingerprint density at radius 2 is 1.97 bits per heavy atom. The van der Waals surface area contributed by atoms with Gasteiger partial charge in [0.05, 0.1) is 4.88 Å².